The largest absolute Gasteiger partial charge is 0.378 e. The first kappa shape index (κ1) is 9.93. The number of ether oxygens (including phenoxy) is 1. The number of hydrogen-bond donors (Lipinski definition) is 2. The fourth-order valence-corrected chi connectivity index (χ4v) is 1.75. The van der Waals surface area contributed by atoms with E-state index in [1.54, 1.807) is 0 Å². The zero-order valence-corrected chi connectivity index (χ0v) is 8.58. The summed E-state index contributed by atoms with van der Waals surface area (Å²) in [5, 5.41) is 2.96. The van der Waals surface area contributed by atoms with Gasteiger partial charge in [0.2, 0.25) is 5.91 Å². The third kappa shape index (κ3) is 1.91. The lowest BCUT2D eigenvalue weighted by atomic mass is 9.89. The molecule has 3 N–H and O–H groups in total. The SMILES string of the molecule is CCOC1CC(NC(=O)C2(N)CC2)C1. The first-order valence-electron chi connectivity index (χ1n) is 5.35. The second-order valence-corrected chi connectivity index (χ2v) is 4.38. The van der Waals surface area contributed by atoms with Crippen molar-refractivity contribution in [1.82, 2.24) is 5.32 Å². The van der Waals surface area contributed by atoms with Gasteiger partial charge in [-0.05, 0) is 32.6 Å². The van der Waals surface area contributed by atoms with Crippen LogP contribution in [0.25, 0.3) is 0 Å². The van der Waals surface area contributed by atoms with Gasteiger partial charge >= 0.3 is 0 Å². The van der Waals surface area contributed by atoms with Gasteiger partial charge in [-0.2, -0.15) is 0 Å². The number of carbonyl (C=O) groups is 1. The summed E-state index contributed by atoms with van der Waals surface area (Å²) in [4.78, 5) is 11.5. The van der Waals surface area contributed by atoms with Crippen LogP contribution in [0.4, 0.5) is 0 Å². The molecule has 80 valence electrons. The van der Waals surface area contributed by atoms with Crippen molar-refractivity contribution in [2.45, 2.75) is 50.3 Å². The quantitative estimate of drug-likeness (QED) is 0.676. The van der Waals surface area contributed by atoms with Crippen LogP contribution in [0.2, 0.25) is 0 Å². The smallest absolute Gasteiger partial charge is 0.240 e. The Morgan fingerprint density at radius 2 is 2.21 bits per heavy atom. The molecular weight excluding hydrogens is 180 g/mol. The van der Waals surface area contributed by atoms with E-state index < -0.39 is 5.54 Å². The Kier molecular flexibility index (Phi) is 2.49. The summed E-state index contributed by atoms with van der Waals surface area (Å²) >= 11 is 0. The number of rotatable bonds is 4. The van der Waals surface area contributed by atoms with Gasteiger partial charge in [0.1, 0.15) is 0 Å². The molecule has 0 heterocycles. The number of nitrogens with two attached hydrogens (primary N) is 1. The maximum Gasteiger partial charge on any atom is 0.240 e. The highest BCUT2D eigenvalue weighted by atomic mass is 16.5. The minimum Gasteiger partial charge on any atom is -0.378 e. The molecule has 0 aliphatic heterocycles. The molecule has 0 unspecified atom stereocenters. The summed E-state index contributed by atoms with van der Waals surface area (Å²) in [6.45, 7) is 2.75. The van der Waals surface area contributed by atoms with Crippen LogP contribution < -0.4 is 11.1 Å². The van der Waals surface area contributed by atoms with Crippen LogP contribution in [0.1, 0.15) is 32.6 Å². The number of hydrogen-bond acceptors (Lipinski definition) is 3. The van der Waals surface area contributed by atoms with Gasteiger partial charge in [0.15, 0.2) is 0 Å². The van der Waals surface area contributed by atoms with Crippen LogP contribution in [-0.4, -0.2) is 30.2 Å². The number of carbonyl (C=O) groups excluding carboxylic acids is 1. The summed E-state index contributed by atoms with van der Waals surface area (Å²) in [5.41, 5.74) is 5.24. The molecule has 0 aromatic carbocycles. The van der Waals surface area contributed by atoms with Crippen molar-refractivity contribution < 1.29 is 9.53 Å². The Morgan fingerprint density at radius 3 is 2.71 bits per heavy atom. The fourth-order valence-electron chi connectivity index (χ4n) is 1.75. The van der Waals surface area contributed by atoms with Gasteiger partial charge in [-0.15, -0.1) is 0 Å². The summed E-state index contributed by atoms with van der Waals surface area (Å²) in [6.07, 6.45) is 3.89. The van der Waals surface area contributed by atoms with Gasteiger partial charge in [-0.3, -0.25) is 4.79 Å². The maximum absolute atomic E-state index is 11.5. The molecule has 0 saturated heterocycles. The normalized spacial score (nSPS) is 33.3. The Balaban J connectivity index is 1.66. The lowest BCUT2D eigenvalue weighted by Crippen LogP contribution is -2.53. The van der Waals surface area contributed by atoms with Crippen LogP contribution in [0.5, 0.6) is 0 Å². The minimum absolute atomic E-state index is 0.0254. The molecule has 0 aromatic heterocycles. The second kappa shape index (κ2) is 3.51. The van der Waals surface area contributed by atoms with Crippen molar-refractivity contribution in [2.75, 3.05) is 6.61 Å². The monoisotopic (exact) mass is 198 g/mol. The molecule has 2 rings (SSSR count). The summed E-state index contributed by atoms with van der Waals surface area (Å²) in [7, 11) is 0. The molecule has 2 aliphatic rings. The van der Waals surface area contributed by atoms with E-state index in [1.807, 2.05) is 6.92 Å². The van der Waals surface area contributed by atoms with Crippen molar-refractivity contribution in [3.8, 4) is 0 Å². The molecule has 2 aliphatic carbocycles. The van der Waals surface area contributed by atoms with E-state index in [-0.39, 0.29) is 5.91 Å². The minimum atomic E-state index is -0.531. The molecule has 0 aromatic rings. The highest BCUT2D eigenvalue weighted by Crippen LogP contribution is 2.33. The van der Waals surface area contributed by atoms with Crippen molar-refractivity contribution in [1.29, 1.82) is 0 Å². The Bertz CT molecular complexity index is 232. The van der Waals surface area contributed by atoms with Gasteiger partial charge in [0.25, 0.3) is 0 Å². The van der Waals surface area contributed by atoms with Gasteiger partial charge in [0.05, 0.1) is 11.6 Å². The summed E-state index contributed by atoms with van der Waals surface area (Å²) in [5.74, 6) is 0.0254. The average molecular weight is 198 g/mol. The highest BCUT2D eigenvalue weighted by Gasteiger charge is 2.47. The average Bonchev–Trinajstić information content (AvgIpc) is 2.81. The third-order valence-corrected chi connectivity index (χ3v) is 3.07. The predicted octanol–water partition coefficient (Wildman–Crippen LogP) is 0.161. The van der Waals surface area contributed by atoms with E-state index in [1.165, 1.54) is 0 Å². The molecule has 0 bridgehead atoms. The predicted molar refractivity (Wildman–Crippen MR) is 52.7 cm³/mol. The topological polar surface area (TPSA) is 64.3 Å². The fraction of sp³-hybridized carbons (Fsp3) is 0.900. The van der Waals surface area contributed by atoms with E-state index in [0.717, 1.165) is 32.3 Å². The molecule has 0 spiro atoms. The number of amides is 1. The summed E-state index contributed by atoms with van der Waals surface area (Å²) < 4.78 is 5.41. The van der Waals surface area contributed by atoms with E-state index in [0.29, 0.717) is 12.1 Å². The van der Waals surface area contributed by atoms with Gasteiger partial charge < -0.3 is 15.8 Å². The lowest BCUT2D eigenvalue weighted by molar-refractivity contribution is -0.125. The van der Waals surface area contributed by atoms with Crippen molar-refractivity contribution in [3.05, 3.63) is 0 Å². The molecule has 0 radical (unpaired) electrons. The van der Waals surface area contributed by atoms with E-state index in [2.05, 4.69) is 5.32 Å². The third-order valence-electron chi connectivity index (χ3n) is 3.07. The molecule has 4 nitrogen and oxygen atoms in total. The van der Waals surface area contributed by atoms with Gasteiger partial charge in [0, 0.05) is 12.6 Å². The zero-order chi connectivity index (χ0) is 10.2. The molecule has 0 atom stereocenters. The summed E-state index contributed by atoms with van der Waals surface area (Å²) in [6, 6.07) is 0.292. The van der Waals surface area contributed by atoms with Crippen LogP contribution in [0, 0.1) is 0 Å². The molecular formula is C10H18N2O2. The Morgan fingerprint density at radius 1 is 1.57 bits per heavy atom. The molecule has 4 heteroatoms. The van der Waals surface area contributed by atoms with Gasteiger partial charge in [-0.25, -0.2) is 0 Å². The maximum atomic E-state index is 11.5. The molecule has 14 heavy (non-hydrogen) atoms. The van der Waals surface area contributed by atoms with Crippen LogP contribution in [-0.2, 0) is 9.53 Å². The van der Waals surface area contributed by atoms with E-state index >= 15 is 0 Å². The molecule has 1 amide bonds. The molecule has 2 fully saturated rings. The van der Waals surface area contributed by atoms with E-state index in [9.17, 15) is 4.79 Å². The van der Waals surface area contributed by atoms with Crippen LogP contribution >= 0.6 is 0 Å². The van der Waals surface area contributed by atoms with Crippen molar-refractivity contribution in [2.24, 2.45) is 5.73 Å². The van der Waals surface area contributed by atoms with Crippen LogP contribution in [0.3, 0.4) is 0 Å². The Hall–Kier alpha value is -0.610. The zero-order valence-electron chi connectivity index (χ0n) is 8.58. The second-order valence-electron chi connectivity index (χ2n) is 4.38. The van der Waals surface area contributed by atoms with Crippen molar-refractivity contribution >= 4 is 5.91 Å². The van der Waals surface area contributed by atoms with Crippen molar-refractivity contribution in [3.63, 3.8) is 0 Å². The first-order valence-corrected chi connectivity index (χ1v) is 5.35. The lowest BCUT2D eigenvalue weighted by Gasteiger charge is -2.35. The Labute approximate surface area is 84.2 Å². The van der Waals surface area contributed by atoms with Crippen LogP contribution in [0.15, 0.2) is 0 Å². The number of nitrogens with one attached hydrogen (secondary N) is 1. The van der Waals surface area contributed by atoms with E-state index in [4.69, 9.17) is 10.5 Å². The first-order chi connectivity index (χ1) is 6.64. The molecule has 2 saturated carbocycles. The van der Waals surface area contributed by atoms with Gasteiger partial charge in [-0.1, -0.05) is 0 Å². The highest BCUT2D eigenvalue weighted by molar-refractivity contribution is 5.89. The standard InChI is InChI=1S/C10H18N2O2/c1-2-14-8-5-7(6-8)12-9(13)10(11)3-4-10/h7-8H,2-6,11H2,1H3,(H,12,13).